The van der Waals surface area contributed by atoms with Crippen LogP contribution in [0.2, 0.25) is 0 Å². The summed E-state index contributed by atoms with van der Waals surface area (Å²) in [5, 5.41) is 2.99. The third-order valence-electron chi connectivity index (χ3n) is 4.65. The molecule has 1 unspecified atom stereocenters. The smallest absolute Gasteiger partial charge is 0.253 e. The first kappa shape index (κ1) is 15.4. The zero-order chi connectivity index (χ0) is 16.5. The third-order valence-corrected chi connectivity index (χ3v) is 4.65. The summed E-state index contributed by atoms with van der Waals surface area (Å²) in [6.07, 6.45) is 2.71. The molecule has 24 heavy (non-hydrogen) atoms. The Morgan fingerprint density at radius 3 is 3.04 bits per heavy atom. The molecule has 6 heteroatoms. The van der Waals surface area contributed by atoms with Gasteiger partial charge in [-0.05, 0) is 31.5 Å². The first-order valence-corrected chi connectivity index (χ1v) is 8.34. The molecule has 0 bridgehead atoms. The average Bonchev–Trinajstić information content (AvgIpc) is 3.05. The van der Waals surface area contributed by atoms with Gasteiger partial charge in [-0.3, -0.25) is 9.78 Å². The summed E-state index contributed by atoms with van der Waals surface area (Å²) in [4.78, 5) is 19.9. The minimum absolute atomic E-state index is 0.0182. The second-order valence-electron chi connectivity index (χ2n) is 6.41. The number of rotatable bonds is 3. The summed E-state index contributed by atoms with van der Waals surface area (Å²) in [6.45, 7) is 4.51. The number of aryl methyl sites for hydroxylation is 1. The van der Waals surface area contributed by atoms with Gasteiger partial charge in [-0.25, -0.2) is 0 Å². The number of aromatic amines is 1. The lowest BCUT2D eigenvalue weighted by Crippen LogP contribution is -2.38. The van der Waals surface area contributed by atoms with Crippen molar-refractivity contribution < 1.29 is 14.3 Å². The minimum atomic E-state index is -0.0182. The molecule has 2 atom stereocenters. The highest BCUT2D eigenvalue weighted by Gasteiger charge is 2.31. The van der Waals surface area contributed by atoms with Crippen LogP contribution in [0.5, 0.6) is 0 Å². The first-order chi connectivity index (χ1) is 11.7. The van der Waals surface area contributed by atoms with Crippen molar-refractivity contribution in [1.29, 1.82) is 0 Å². The highest BCUT2D eigenvalue weighted by molar-refractivity contribution is 5.98. The molecule has 2 aliphatic rings. The summed E-state index contributed by atoms with van der Waals surface area (Å²) >= 11 is 0. The number of nitrogens with one attached hydrogen (secondary N) is 2. The molecule has 126 valence electrons. The number of aromatic nitrogens is 2. The second kappa shape index (κ2) is 6.37. The Balaban J connectivity index is 1.63. The van der Waals surface area contributed by atoms with E-state index in [1.807, 2.05) is 25.1 Å². The Morgan fingerprint density at radius 1 is 1.33 bits per heavy atom. The van der Waals surface area contributed by atoms with Crippen LogP contribution in [0, 0.1) is 6.92 Å². The van der Waals surface area contributed by atoms with Crippen molar-refractivity contribution in [3.05, 3.63) is 41.3 Å². The molecule has 1 amide bonds. The number of carbonyl (C=O) groups excluding carboxylic acids is 1. The quantitative estimate of drug-likeness (QED) is 0.904. The molecule has 2 aliphatic heterocycles. The van der Waals surface area contributed by atoms with Crippen LogP contribution < -0.4 is 5.32 Å². The first-order valence-electron chi connectivity index (χ1n) is 8.34. The van der Waals surface area contributed by atoms with Gasteiger partial charge >= 0.3 is 0 Å². The molecule has 4 rings (SSSR count). The zero-order valence-corrected chi connectivity index (χ0v) is 13.7. The van der Waals surface area contributed by atoms with Gasteiger partial charge < -0.3 is 19.8 Å². The number of amides is 1. The van der Waals surface area contributed by atoms with Gasteiger partial charge in [0, 0.05) is 41.3 Å². The van der Waals surface area contributed by atoms with Gasteiger partial charge in [0.25, 0.3) is 5.91 Å². The van der Waals surface area contributed by atoms with Crippen molar-refractivity contribution in [2.75, 3.05) is 26.4 Å². The van der Waals surface area contributed by atoms with Gasteiger partial charge in [-0.15, -0.1) is 0 Å². The van der Waals surface area contributed by atoms with Gasteiger partial charge in [-0.2, -0.15) is 0 Å². The predicted octanol–water partition coefficient (Wildman–Crippen LogP) is 2.02. The molecule has 1 fully saturated rings. The molecule has 0 aromatic carbocycles. The molecule has 2 aromatic heterocycles. The Labute approximate surface area is 140 Å². The van der Waals surface area contributed by atoms with Crippen LogP contribution in [-0.2, 0) is 9.47 Å². The average molecular weight is 327 g/mol. The summed E-state index contributed by atoms with van der Waals surface area (Å²) < 4.78 is 11.3. The molecule has 2 aromatic rings. The summed E-state index contributed by atoms with van der Waals surface area (Å²) in [7, 11) is 0. The Kier molecular flexibility index (Phi) is 4.08. The van der Waals surface area contributed by atoms with E-state index in [-0.39, 0.29) is 17.9 Å². The van der Waals surface area contributed by atoms with Crippen LogP contribution in [0.3, 0.4) is 0 Å². The lowest BCUT2D eigenvalue weighted by atomic mass is 9.92. The number of pyridine rings is 1. The highest BCUT2D eigenvalue weighted by atomic mass is 16.6. The van der Waals surface area contributed by atoms with Crippen LogP contribution in [-0.4, -0.2) is 48.3 Å². The Bertz CT molecular complexity index is 750. The normalized spacial score (nSPS) is 23.6. The minimum Gasteiger partial charge on any atom is -0.376 e. The van der Waals surface area contributed by atoms with E-state index < -0.39 is 0 Å². The molecule has 4 heterocycles. The van der Waals surface area contributed by atoms with Gasteiger partial charge in [-0.1, -0.05) is 0 Å². The molecule has 0 radical (unpaired) electrons. The molecular weight excluding hydrogens is 306 g/mol. The van der Waals surface area contributed by atoms with E-state index in [0.717, 1.165) is 34.6 Å². The van der Waals surface area contributed by atoms with E-state index in [9.17, 15) is 4.79 Å². The standard InChI is InChI=1S/C18H21N3O3/c1-11-6-12(2-3-19-11)16-8-15-17(21-16)13(9-20-18(15)22)7-14-10-23-4-5-24-14/h2-3,6,8,13-14,21H,4-5,7,9-10H2,1H3,(H,20,22)/t13?,14-/m0/s1. The number of hydrogen-bond acceptors (Lipinski definition) is 4. The van der Waals surface area contributed by atoms with Crippen LogP contribution in [0.15, 0.2) is 24.4 Å². The van der Waals surface area contributed by atoms with Crippen molar-refractivity contribution in [2.45, 2.75) is 25.4 Å². The van der Waals surface area contributed by atoms with Crippen LogP contribution >= 0.6 is 0 Å². The molecule has 1 saturated heterocycles. The molecule has 0 spiro atoms. The van der Waals surface area contributed by atoms with Crippen LogP contribution in [0.25, 0.3) is 11.3 Å². The largest absolute Gasteiger partial charge is 0.376 e. The van der Waals surface area contributed by atoms with Crippen LogP contribution in [0.4, 0.5) is 0 Å². The summed E-state index contributed by atoms with van der Waals surface area (Å²) in [5.74, 6) is 0.191. The maximum atomic E-state index is 12.2. The number of ether oxygens (including phenoxy) is 2. The number of carbonyl (C=O) groups is 1. The van der Waals surface area contributed by atoms with E-state index >= 15 is 0 Å². The Morgan fingerprint density at radius 2 is 2.25 bits per heavy atom. The fourth-order valence-corrected chi connectivity index (χ4v) is 3.45. The number of H-pyrrole nitrogens is 1. The summed E-state index contributed by atoms with van der Waals surface area (Å²) in [6, 6.07) is 5.90. The monoisotopic (exact) mass is 327 g/mol. The lowest BCUT2D eigenvalue weighted by Gasteiger charge is -2.29. The van der Waals surface area contributed by atoms with Crippen molar-refractivity contribution >= 4 is 5.91 Å². The maximum absolute atomic E-state index is 12.2. The Hall–Kier alpha value is -2.18. The van der Waals surface area contributed by atoms with E-state index in [1.165, 1.54) is 0 Å². The fraction of sp³-hybridized carbons (Fsp3) is 0.444. The van der Waals surface area contributed by atoms with E-state index in [4.69, 9.17) is 9.47 Å². The third kappa shape index (κ3) is 2.95. The molecule has 6 nitrogen and oxygen atoms in total. The summed E-state index contributed by atoms with van der Waals surface area (Å²) in [5.41, 5.74) is 4.67. The predicted molar refractivity (Wildman–Crippen MR) is 89.0 cm³/mol. The fourth-order valence-electron chi connectivity index (χ4n) is 3.45. The van der Waals surface area contributed by atoms with Crippen molar-refractivity contribution in [3.8, 4) is 11.3 Å². The molecule has 2 N–H and O–H groups in total. The van der Waals surface area contributed by atoms with Gasteiger partial charge in [0.05, 0.1) is 31.5 Å². The van der Waals surface area contributed by atoms with Crippen molar-refractivity contribution in [1.82, 2.24) is 15.3 Å². The SMILES string of the molecule is Cc1cc(-c2cc3c([nH]2)C(C[C@H]2COCCO2)CNC3=O)ccn1. The second-order valence-corrected chi connectivity index (χ2v) is 6.41. The van der Waals surface area contributed by atoms with E-state index in [1.54, 1.807) is 6.20 Å². The van der Waals surface area contributed by atoms with Gasteiger partial charge in [0.15, 0.2) is 0 Å². The van der Waals surface area contributed by atoms with Crippen molar-refractivity contribution in [3.63, 3.8) is 0 Å². The van der Waals surface area contributed by atoms with E-state index in [2.05, 4.69) is 15.3 Å². The number of hydrogen-bond donors (Lipinski definition) is 2. The molecule has 0 saturated carbocycles. The molecular formula is C18H21N3O3. The highest BCUT2D eigenvalue weighted by Crippen LogP contribution is 2.32. The number of fused-ring (bicyclic) bond motifs is 1. The lowest BCUT2D eigenvalue weighted by molar-refractivity contribution is -0.0928. The van der Waals surface area contributed by atoms with E-state index in [0.29, 0.717) is 26.4 Å². The van der Waals surface area contributed by atoms with Crippen LogP contribution in [0.1, 0.15) is 34.1 Å². The number of nitrogens with zero attached hydrogens (tertiary/aromatic N) is 1. The zero-order valence-electron chi connectivity index (χ0n) is 13.7. The van der Waals surface area contributed by atoms with Gasteiger partial charge in [0.1, 0.15) is 0 Å². The topological polar surface area (TPSA) is 76.2 Å². The molecule has 0 aliphatic carbocycles. The maximum Gasteiger partial charge on any atom is 0.253 e. The van der Waals surface area contributed by atoms with Crippen molar-refractivity contribution in [2.24, 2.45) is 0 Å². The van der Waals surface area contributed by atoms with Gasteiger partial charge in [0.2, 0.25) is 0 Å².